The largest absolute Gasteiger partial charge is 0.326 e. The number of aryl methyl sites for hydroxylation is 1. The second-order valence-corrected chi connectivity index (χ2v) is 5.86. The van der Waals surface area contributed by atoms with Crippen LogP contribution in [-0.2, 0) is 4.79 Å². The predicted molar refractivity (Wildman–Crippen MR) is 80.2 cm³/mol. The maximum Gasteiger partial charge on any atom is 0.227 e. The summed E-state index contributed by atoms with van der Waals surface area (Å²) in [6.45, 7) is 4.30. The standard InChI is InChI=1S/C17H25NO/c1-3-4-14-7-9-15(10-8-14)17(19)18-16-11-5-13(2)6-12-16/h5-6,11-12,14-15H,3-4,7-10H2,1-2H3,(H,18,19). The lowest BCUT2D eigenvalue weighted by Crippen LogP contribution is -2.27. The van der Waals surface area contributed by atoms with E-state index in [1.165, 1.54) is 31.2 Å². The van der Waals surface area contributed by atoms with E-state index in [1.807, 2.05) is 24.3 Å². The molecule has 2 rings (SSSR count). The van der Waals surface area contributed by atoms with Crippen molar-refractivity contribution in [3.05, 3.63) is 29.8 Å². The van der Waals surface area contributed by atoms with Gasteiger partial charge in [0.1, 0.15) is 0 Å². The van der Waals surface area contributed by atoms with Crippen LogP contribution >= 0.6 is 0 Å². The SMILES string of the molecule is CCCC1CCC(C(=O)Nc2ccc(C)cc2)CC1. The molecule has 1 aliphatic rings. The van der Waals surface area contributed by atoms with Crippen LogP contribution in [0.3, 0.4) is 0 Å². The lowest BCUT2D eigenvalue weighted by Gasteiger charge is -2.27. The van der Waals surface area contributed by atoms with Gasteiger partial charge in [-0.3, -0.25) is 4.79 Å². The molecule has 2 heteroatoms. The Morgan fingerprint density at radius 3 is 2.37 bits per heavy atom. The minimum atomic E-state index is 0.207. The number of hydrogen-bond donors (Lipinski definition) is 1. The van der Waals surface area contributed by atoms with E-state index in [2.05, 4.69) is 19.2 Å². The Morgan fingerprint density at radius 1 is 1.16 bits per heavy atom. The van der Waals surface area contributed by atoms with E-state index in [9.17, 15) is 4.79 Å². The van der Waals surface area contributed by atoms with E-state index in [0.29, 0.717) is 0 Å². The zero-order valence-corrected chi connectivity index (χ0v) is 12.1. The molecule has 1 N–H and O–H groups in total. The summed E-state index contributed by atoms with van der Waals surface area (Å²) in [5, 5.41) is 3.05. The molecule has 0 spiro atoms. The fourth-order valence-electron chi connectivity index (χ4n) is 3.00. The third-order valence-corrected chi connectivity index (χ3v) is 4.23. The summed E-state index contributed by atoms with van der Waals surface area (Å²) < 4.78 is 0. The minimum Gasteiger partial charge on any atom is -0.326 e. The molecule has 1 aliphatic carbocycles. The summed E-state index contributed by atoms with van der Waals surface area (Å²) in [5.41, 5.74) is 2.14. The molecule has 1 amide bonds. The molecule has 0 aromatic heterocycles. The van der Waals surface area contributed by atoms with E-state index in [0.717, 1.165) is 24.4 Å². The minimum absolute atomic E-state index is 0.207. The Morgan fingerprint density at radius 2 is 1.79 bits per heavy atom. The quantitative estimate of drug-likeness (QED) is 0.845. The van der Waals surface area contributed by atoms with Crippen LogP contribution in [0.1, 0.15) is 51.0 Å². The average molecular weight is 259 g/mol. The Bertz CT molecular complexity index is 402. The first-order valence-corrected chi connectivity index (χ1v) is 7.56. The predicted octanol–water partition coefficient (Wildman–Crippen LogP) is 4.54. The molecule has 1 fully saturated rings. The van der Waals surface area contributed by atoms with E-state index in [1.54, 1.807) is 0 Å². The second kappa shape index (κ2) is 6.74. The smallest absolute Gasteiger partial charge is 0.227 e. The van der Waals surface area contributed by atoms with Crippen molar-refractivity contribution in [3.8, 4) is 0 Å². The number of benzene rings is 1. The first-order chi connectivity index (χ1) is 9.19. The molecule has 0 heterocycles. The maximum absolute atomic E-state index is 12.2. The number of nitrogens with one attached hydrogen (secondary N) is 1. The van der Waals surface area contributed by atoms with Crippen LogP contribution in [0.15, 0.2) is 24.3 Å². The number of carbonyl (C=O) groups excluding carboxylic acids is 1. The summed E-state index contributed by atoms with van der Waals surface area (Å²) >= 11 is 0. The van der Waals surface area contributed by atoms with Crippen LogP contribution in [-0.4, -0.2) is 5.91 Å². The van der Waals surface area contributed by atoms with Crippen LogP contribution in [0.4, 0.5) is 5.69 Å². The van der Waals surface area contributed by atoms with Crippen LogP contribution in [0.2, 0.25) is 0 Å². The van der Waals surface area contributed by atoms with Crippen molar-refractivity contribution >= 4 is 11.6 Å². The summed E-state index contributed by atoms with van der Waals surface area (Å²) in [6, 6.07) is 8.04. The normalized spacial score (nSPS) is 23.1. The molecule has 0 bridgehead atoms. The van der Waals surface area contributed by atoms with Crippen LogP contribution < -0.4 is 5.32 Å². The second-order valence-electron chi connectivity index (χ2n) is 5.86. The van der Waals surface area contributed by atoms with Gasteiger partial charge in [-0.2, -0.15) is 0 Å². The van der Waals surface area contributed by atoms with Gasteiger partial charge in [-0.15, -0.1) is 0 Å². The average Bonchev–Trinajstić information content (AvgIpc) is 2.42. The van der Waals surface area contributed by atoms with Crippen LogP contribution in [0.5, 0.6) is 0 Å². The third kappa shape index (κ3) is 4.09. The Hall–Kier alpha value is -1.31. The molecule has 104 valence electrons. The zero-order chi connectivity index (χ0) is 13.7. The molecular formula is C17H25NO. The van der Waals surface area contributed by atoms with Crippen molar-refractivity contribution in [1.82, 2.24) is 0 Å². The van der Waals surface area contributed by atoms with Gasteiger partial charge in [0, 0.05) is 11.6 Å². The van der Waals surface area contributed by atoms with Crippen molar-refractivity contribution in [1.29, 1.82) is 0 Å². The highest BCUT2D eigenvalue weighted by Gasteiger charge is 2.25. The van der Waals surface area contributed by atoms with Gasteiger partial charge in [-0.25, -0.2) is 0 Å². The highest BCUT2D eigenvalue weighted by molar-refractivity contribution is 5.92. The van der Waals surface area contributed by atoms with Gasteiger partial charge in [0.05, 0.1) is 0 Å². The van der Waals surface area contributed by atoms with Crippen molar-refractivity contribution in [3.63, 3.8) is 0 Å². The molecule has 19 heavy (non-hydrogen) atoms. The van der Waals surface area contributed by atoms with Crippen LogP contribution in [0.25, 0.3) is 0 Å². The number of anilines is 1. The molecule has 0 radical (unpaired) electrons. The van der Waals surface area contributed by atoms with Gasteiger partial charge in [0.15, 0.2) is 0 Å². The molecule has 1 aromatic rings. The van der Waals surface area contributed by atoms with Gasteiger partial charge >= 0.3 is 0 Å². The zero-order valence-electron chi connectivity index (χ0n) is 12.1. The maximum atomic E-state index is 12.2. The lowest BCUT2D eigenvalue weighted by molar-refractivity contribution is -0.121. The summed E-state index contributed by atoms with van der Waals surface area (Å²) in [4.78, 5) is 12.2. The lowest BCUT2D eigenvalue weighted by atomic mass is 9.80. The molecule has 0 atom stereocenters. The molecule has 0 unspecified atom stereocenters. The van der Waals surface area contributed by atoms with Gasteiger partial charge < -0.3 is 5.32 Å². The highest BCUT2D eigenvalue weighted by atomic mass is 16.1. The fraction of sp³-hybridized carbons (Fsp3) is 0.588. The van der Waals surface area contributed by atoms with Crippen LogP contribution in [0, 0.1) is 18.8 Å². The molecular weight excluding hydrogens is 234 g/mol. The fourth-order valence-corrected chi connectivity index (χ4v) is 3.00. The summed E-state index contributed by atoms with van der Waals surface area (Å²) in [6.07, 6.45) is 7.15. The first kappa shape index (κ1) is 14.1. The molecule has 1 aromatic carbocycles. The van der Waals surface area contributed by atoms with Crippen molar-refractivity contribution < 1.29 is 4.79 Å². The number of amides is 1. The highest BCUT2D eigenvalue weighted by Crippen LogP contribution is 2.32. The van der Waals surface area contributed by atoms with Crippen molar-refractivity contribution in [2.75, 3.05) is 5.32 Å². The van der Waals surface area contributed by atoms with E-state index >= 15 is 0 Å². The molecule has 0 saturated heterocycles. The van der Waals surface area contributed by atoms with E-state index < -0.39 is 0 Å². The van der Waals surface area contributed by atoms with E-state index in [4.69, 9.17) is 0 Å². The van der Waals surface area contributed by atoms with Crippen molar-refractivity contribution in [2.24, 2.45) is 11.8 Å². The molecule has 2 nitrogen and oxygen atoms in total. The number of carbonyl (C=O) groups is 1. The van der Waals surface area contributed by atoms with Gasteiger partial charge in [-0.05, 0) is 50.7 Å². The topological polar surface area (TPSA) is 29.1 Å². The van der Waals surface area contributed by atoms with Gasteiger partial charge in [0.2, 0.25) is 5.91 Å². The first-order valence-electron chi connectivity index (χ1n) is 7.56. The van der Waals surface area contributed by atoms with Crippen molar-refractivity contribution in [2.45, 2.75) is 52.4 Å². The number of hydrogen-bond acceptors (Lipinski definition) is 1. The summed E-state index contributed by atoms with van der Waals surface area (Å²) in [5.74, 6) is 1.28. The Kier molecular flexibility index (Phi) is 5.00. The number of rotatable bonds is 4. The van der Waals surface area contributed by atoms with E-state index in [-0.39, 0.29) is 11.8 Å². The van der Waals surface area contributed by atoms with Gasteiger partial charge in [-0.1, -0.05) is 37.5 Å². The Balaban J connectivity index is 1.83. The third-order valence-electron chi connectivity index (χ3n) is 4.23. The summed E-state index contributed by atoms with van der Waals surface area (Å²) in [7, 11) is 0. The molecule has 0 aliphatic heterocycles. The van der Waals surface area contributed by atoms with Gasteiger partial charge in [0.25, 0.3) is 0 Å². The monoisotopic (exact) mass is 259 g/mol. The molecule has 1 saturated carbocycles. The Labute approximate surface area is 116 Å².